The molecular formula is C34H40N4O5. The summed E-state index contributed by atoms with van der Waals surface area (Å²) in [7, 11) is 0. The molecule has 9 heteroatoms. The van der Waals surface area contributed by atoms with Crippen molar-refractivity contribution in [2.45, 2.75) is 103 Å². The van der Waals surface area contributed by atoms with E-state index in [1.165, 1.54) is 10.1 Å². The molecule has 9 nitrogen and oxygen atoms in total. The van der Waals surface area contributed by atoms with Gasteiger partial charge in [0.05, 0.1) is 30.7 Å². The van der Waals surface area contributed by atoms with Crippen LogP contribution in [0.15, 0.2) is 30.6 Å². The number of carbonyl (C=O) groups excluding carboxylic acids is 2. The number of hydrogen-bond acceptors (Lipinski definition) is 7. The lowest BCUT2D eigenvalue weighted by Crippen LogP contribution is -2.36. The van der Waals surface area contributed by atoms with Gasteiger partial charge in [-0.3, -0.25) is 0 Å². The largest absolute Gasteiger partial charge is 0.444 e. The minimum Gasteiger partial charge on any atom is -0.444 e. The summed E-state index contributed by atoms with van der Waals surface area (Å²) in [5, 5.41) is 10.8. The minimum atomic E-state index is -0.670. The number of nitriles is 1. The van der Waals surface area contributed by atoms with Crippen molar-refractivity contribution in [3.63, 3.8) is 0 Å². The molecule has 1 saturated carbocycles. The van der Waals surface area contributed by atoms with Gasteiger partial charge >= 0.3 is 12.2 Å². The third-order valence-electron chi connectivity index (χ3n) is 8.43. The molecule has 0 N–H and O–H groups in total. The highest BCUT2D eigenvalue weighted by Gasteiger charge is 2.47. The summed E-state index contributed by atoms with van der Waals surface area (Å²) in [6.07, 6.45) is 6.71. The van der Waals surface area contributed by atoms with Crippen LogP contribution in [-0.2, 0) is 32.7 Å². The standard InChI is InChI=1S/C34H40N4O5/c1-32(2,3)42-30(39)37-12-7-8-28(37)24-15-22(14-21-9-13-41-19-26(21)24)23-16-25-27(34(20-35)10-11-34)18-38(29(25)36-17-23)31(40)43-33(4,5)6/h14-18,28H,7-13,19H2,1-6H3. The first-order valence-corrected chi connectivity index (χ1v) is 15.2. The minimum absolute atomic E-state index is 0.112. The van der Waals surface area contributed by atoms with E-state index in [0.29, 0.717) is 25.4 Å². The average molecular weight is 585 g/mol. The highest BCUT2D eigenvalue weighted by atomic mass is 16.6. The number of amides is 1. The van der Waals surface area contributed by atoms with Crippen molar-refractivity contribution in [1.29, 1.82) is 5.26 Å². The zero-order valence-electron chi connectivity index (χ0n) is 26.0. The van der Waals surface area contributed by atoms with Crippen molar-refractivity contribution in [3.05, 3.63) is 52.8 Å². The second-order valence-corrected chi connectivity index (χ2v) is 14.0. The van der Waals surface area contributed by atoms with Crippen molar-refractivity contribution in [2.75, 3.05) is 13.2 Å². The molecule has 0 radical (unpaired) electrons. The van der Waals surface area contributed by atoms with Crippen LogP contribution in [0.2, 0.25) is 0 Å². The maximum absolute atomic E-state index is 13.2. The van der Waals surface area contributed by atoms with Gasteiger partial charge in [-0.25, -0.2) is 19.1 Å². The van der Waals surface area contributed by atoms with Crippen LogP contribution in [0.3, 0.4) is 0 Å². The highest BCUT2D eigenvalue weighted by molar-refractivity contribution is 5.93. The van der Waals surface area contributed by atoms with Crippen LogP contribution in [0.5, 0.6) is 0 Å². The van der Waals surface area contributed by atoms with Gasteiger partial charge in [-0.2, -0.15) is 5.26 Å². The number of rotatable bonds is 3. The Hall–Kier alpha value is -3.90. The fourth-order valence-corrected chi connectivity index (χ4v) is 6.27. The van der Waals surface area contributed by atoms with E-state index in [2.05, 4.69) is 18.2 Å². The summed E-state index contributed by atoms with van der Waals surface area (Å²) in [6.45, 7) is 12.9. The summed E-state index contributed by atoms with van der Waals surface area (Å²) in [5.74, 6) is 0. The molecule has 0 spiro atoms. The van der Waals surface area contributed by atoms with Gasteiger partial charge in [-0.05, 0) is 108 Å². The Kier molecular flexibility index (Phi) is 7.04. The lowest BCUT2D eigenvalue weighted by Gasteiger charge is -2.31. The van der Waals surface area contributed by atoms with Gasteiger partial charge in [0.2, 0.25) is 0 Å². The molecule has 1 amide bonds. The maximum Gasteiger partial charge on any atom is 0.420 e. The summed E-state index contributed by atoms with van der Waals surface area (Å²) in [5.41, 5.74) is 4.72. The number of benzene rings is 1. The quantitative estimate of drug-likeness (QED) is 0.321. The van der Waals surface area contributed by atoms with Crippen LogP contribution < -0.4 is 0 Å². The number of carbonyl (C=O) groups is 2. The van der Waals surface area contributed by atoms with Crippen LogP contribution >= 0.6 is 0 Å². The first-order chi connectivity index (χ1) is 20.3. The molecular weight excluding hydrogens is 544 g/mol. The topological polar surface area (TPSA) is 107 Å². The fourth-order valence-electron chi connectivity index (χ4n) is 6.27. The first-order valence-electron chi connectivity index (χ1n) is 15.2. The van der Waals surface area contributed by atoms with Crippen molar-refractivity contribution in [1.82, 2.24) is 14.5 Å². The molecule has 1 saturated heterocycles. The second kappa shape index (κ2) is 10.4. The van der Waals surface area contributed by atoms with Crippen molar-refractivity contribution >= 4 is 23.2 Å². The lowest BCUT2D eigenvalue weighted by atomic mass is 9.88. The molecule has 0 bridgehead atoms. The maximum atomic E-state index is 13.2. The van der Waals surface area contributed by atoms with Crippen LogP contribution in [0.4, 0.5) is 9.59 Å². The van der Waals surface area contributed by atoms with Gasteiger partial charge in [-0.15, -0.1) is 0 Å². The Balaban J connectivity index is 1.45. The highest BCUT2D eigenvalue weighted by Crippen LogP contribution is 2.50. The number of aromatic nitrogens is 2. The van der Waals surface area contributed by atoms with Crippen LogP contribution in [0, 0.1) is 11.3 Å². The number of hydrogen-bond donors (Lipinski definition) is 0. The molecule has 2 aromatic heterocycles. The summed E-state index contributed by atoms with van der Waals surface area (Å²) >= 11 is 0. The molecule has 2 aliphatic heterocycles. The van der Waals surface area contributed by atoms with E-state index in [-0.39, 0.29) is 12.1 Å². The molecule has 226 valence electrons. The molecule has 4 heterocycles. The number of pyridine rings is 1. The average Bonchev–Trinajstić information content (AvgIpc) is 3.39. The predicted molar refractivity (Wildman–Crippen MR) is 162 cm³/mol. The summed E-state index contributed by atoms with van der Waals surface area (Å²) in [4.78, 5) is 33.0. The third kappa shape index (κ3) is 5.61. The van der Waals surface area contributed by atoms with E-state index < -0.39 is 22.7 Å². The Morgan fingerprint density at radius 1 is 1.05 bits per heavy atom. The normalized spacial score (nSPS) is 19.6. The summed E-state index contributed by atoms with van der Waals surface area (Å²) < 4.78 is 18.8. The number of ether oxygens (including phenoxy) is 3. The Labute approximate surface area is 252 Å². The van der Waals surface area contributed by atoms with E-state index in [1.807, 2.05) is 52.5 Å². The van der Waals surface area contributed by atoms with Crippen molar-refractivity contribution in [2.24, 2.45) is 0 Å². The molecule has 3 aliphatic rings. The molecule has 1 unspecified atom stereocenters. The van der Waals surface area contributed by atoms with Gasteiger partial charge < -0.3 is 19.1 Å². The monoisotopic (exact) mass is 584 g/mol. The molecule has 1 aliphatic carbocycles. The molecule has 1 aromatic carbocycles. The van der Waals surface area contributed by atoms with Crippen LogP contribution in [-0.4, -0.2) is 51.0 Å². The lowest BCUT2D eigenvalue weighted by molar-refractivity contribution is 0.0220. The second-order valence-electron chi connectivity index (χ2n) is 14.0. The third-order valence-corrected chi connectivity index (χ3v) is 8.43. The Morgan fingerprint density at radius 3 is 2.44 bits per heavy atom. The Morgan fingerprint density at radius 2 is 1.77 bits per heavy atom. The SMILES string of the molecule is CC(C)(C)OC(=O)N1CCCC1c1cc(-c2cnc3c(c2)c(C2(C#N)CC2)cn3C(=O)OC(C)(C)C)cc2c1COCC2. The molecule has 3 aromatic rings. The van der Waals surface area contributed by atoms with E-state index in [9.17, 15) is 14.9 Å². The van der Waals surface area contributed by atoms with E-state index >= 15 is 0 Å². The first kappa shape index (κ1) is 29.2. The van der Waals surface area contributed by atoms with Gasteiger partial charge in [-0.1, -0.05) is 6.07 Å². The van der Waals surface area contributed by atoms with Crippen molar-refractivity contribution < 1.29 is 23.8 Å². The summed E-state index contributed by atoms with van der Waals surface area (Å²) in [6, 6.07) is 8.76. The predicted octanol–water partition coefficient (Wildman–Crippen LogP) is 7.19. The molecule has 6 rings (SSSR count). The van der Waals surface area contributed by atoms with Crippen molar-refractivity contribution in [3.8, 4) is 17.2 Å². The number of fused-ring (bicyclic) bond motifs is 2. The molecule has 2 fully saturated rings. The van der Waals surface area contributed by atoms with E-state index in [0.717, 1.165) is 65.3 Å². The van der Waals surface area contributed by atoms with Crippen LogP contribution in [0.25, 0.3) is 22.2 Å². The van der Waals surface area contributed by atoms with Crippen LogP contribution in [0.1, 0.15) is 95.5 Å². The van der Waals surface area contributed by atoms with E-state index in [4.69, 9.17) is 19.2 Å². The fraction of sp³-hybridized carbons (Fsp3) is 0.529. The van der Waals surface area contributed by atoms with Gasteiger partial charge in [0.25, 0.3) is 0 Å². The zero-order valence-corrected chi connectivity index (χ0v) is 26.0. The van der Waals surface area contributed by atoms with Gasteiger partial charge in [0.1, 0.15) is 16.8 Å². The zero-order chi connectivity index (χ0) is 30.7. The van der Waals surface area contributed by atoms with Gasteiger partial charge in [0.15, 0.2) is 0 Å². The molecule has 43 heavy (non-hydrogen) atoms. The number of likely N-dealkylation sites (tertiary alicyclic amines) is 1. The van der Waals surface area contributed by atoms with Gasteiger partial charge in [0, 0.05) is 35.5 Å². The smallest absolute Gasteiger partial charge is 0.420 e. The number of nitrogens with zero attached hydrogens (tertiary/aromatic N) is 4. The molecule has 1 atom stereocenters. The Bertz CT molecular complexity index is 1650. The van der Waals surface area contributed by atoms with E-state index in [1.54, 1.807) is 12.4 Å².